The number of anilines is 1. The van der Waals surface area contributed by atoms with Crippen molar-refractivity contribution in [2.45, 2.75) is 44.3 Å². The minimum atomic E-state index is -5.08. The maximum Gasteiger partial charge on any atom is 0.490 e. The first kappa shape index (κ1) is 23.0. The summed E-state index contributed by atoms with van der Waals surface area (Å²) in [4.78, 5) is 21.0. The van der Waals surface area contributed by atoms with Crippen LogP contribution in [0, 0.1) is 5.41 Å². The predicted octanol–water partition coefficient (Wildman–Crippen LogP) is 4.21. The van der Waals surface area contributed by atoms with E-state index < -0.39 is 12.1 Å². The zero-order chi connectivity index (χ0) is 22.3. The summed E-state index contributed by atoms with van der Waals surface area (Å²) in [6.45, 7) is 0. The predicted molar refractivity (Wildman–Crippen MR) is 108 cm³/mol. The number of carbonyl (C=O) groups is 2. The highest BCUT2D eigenvalue weighted by molar-refractivity contribution is 6.00. The van der Waals surface area contributed by atoms with Crippen molar-refractivity contribution in [2.75, 3.05) is 5.32 Å². The van der Waals surface area contributed by atoms with E-state index in [1.807, 2.05) is 36.4 Å². The van der Waals surface area contributed by atoms with Crippen molar-refractivity contribution in [3.05, 3.63) is 42.0 Å². The van der Waals surface area contributed by atoms with E-state index >= 15 is 0 Å². The van der Waals surface area contributed by atoms with Crippen LogP contribution in [0.1, 0.15) is 37.7 Å². The Morgan fingerprint density at radius 2 is 1.60 bits per heavy atom. The Labute approximate surface area is 171 Å². The van der Waals surface area contributed by atoms with Crippen molar-refractivity contribution in [1.29, 1.82) is 5.41 Å². The van der Waals surface area contributed by atoms with E-state index in [-0.39, 0.29) is 11.9 Å². The summed E-state index contributed by atoms with van der Waals surface area (Å²) < 4.78 is 31.7. The molecule has 0 aliphatic heterocycles. The van der Waals surface area contributed by atoms with Crippen molar-refractivity contribution in [2.24, 2.45) is 5.73 Å². The minimum Gasteiger partial charge on any atom is -0.475 e. The summed E-state index contributed by atoms with van der Waals surface area (Å²) in [6, 6.07) is 11.5. The number of carboxylic acids is 1. The molecule has 0 spiro atoms. The molecule has 7 nitrogen and oxygen atoms in total. The molecule has 10 heteroatoms. The fraction of sp³-hybridized carbons (Fsp3) is 0.350. The largest absolute Gasteiger partial charge is 0.490 e. The highest BCUT2D eigenvalue weighted by atomic mass is 19.4. The third-order valence-corrected chi connectivity index (χ3v) is 4.59. The minimum absolute atomic E-state index is 0.0564. The summed E-state index contributed by atoms with van der Waals surface area (Å²) in [7, 11) is 0. The second kappa shape index (κ2) is 9.95. The number of alkyl halides is 3. The van der Waals surface area contributed by atoms with Gasteiger partial charge in [-0.2, -0.15) is 13.2 Å². The lowest BCUT2D eigenvalue weighted by Crippen LogP contribution is -2.38. The molecule has 30 heavy (non-hydrogen) atoms. The monoisotopic (exact) mass is 424 g/mol. The molecule has 1 fully saturated rings. The van der Waals surface area contributed by atoms with Crippen LogP contribution in [-0.4, -0.2) is 35.2 Å². The number of amidine groups is 1. The van der Waals surface area contributed by atoms with Gasteiger partial charge < -0.3 is 21.5 Å². The average molecular weight is 424 g/mol. The van der Waals surface area contributed by atoms with Crippen LogP contribution in [0.5, 0.6) is 0 Å². The van der Waals surface area contributed by atoms with E-state index in [1.165, 1.54) is 19.3 Å². The maximum atomic E-state index is 12.1. The van der Waals surface area contributed by atoms with Gasteiger partial charge in [-0.3, -0.25) is 5.41 Å². The quantitative estimate of drug-likeness (QED) is 0.373. The van der Waals surface area contributed by atoms with Crippen molar-refractivity contribution in [3.8, 4) is 0 Å². The van der Waals surface area contributed by atoms with E-state index in [0.717, 1.165) is 29.3 Å². The first-order valence-electron chi connectivity index (χ1n) is 9.32. The van der Waals surface area contributed by atoms with Gasteiger partial charge in [-0.15, -0.1) is 0 Å². The van der Waals surface area contributed by atoms with Gasteiger partial charge in [0.1, 0.15) is 5.84 Å². The molecule has 0 saturated heterocycles. The average Bonchev–Trinajstić information content (AvgIpc) is 2.68. The number of amides is 2. The van der Waals surface area contributed by atoms with Crippen LogP contribution in [0.15, 0.2) is 36.4 Å². The molecular formula is C20H23F3N4O3. The lowest BCUT2D eigenvalue weighted by atomic mass is 9.96. The lowest BCUT2D eigenvalue weighted by Gasteiger charge is -2.22. The topological polar surface area (TPSA) is 128 Å². The van der Waals surface area contributed by atoms with Crippen LogP contribution < -0.4 is 16.4 Å². The summed E-state index contributed by atoms with van der Waals surface area (Å²) in [5, 5.41) is 22.6. The molecule has 0 heterocycles. The summed E-state index contributed by atoms with van der Waals surface area (Å²) in [6.07, 6.45) is 0.712. The molecule has 2 amide bonds. The number of rotatable bonds is 3. The second-order valence-corrected chi connectivity index (χ2v) is 6.93. The number of carboxylic acid groups (broad SMARTS) is 1. The van der Waals surface area contributed by atoms with Gasteiger partial charge in [-0.05, 0) is 41.8 Å². The molecule has 162 valence electrons. The fourth-order valence-electron chi connectivity index (χ4n) is 3.09. The van der Waals surface area contributed by atoms with Crippen LogP contribution >= 0.6 is 0 Å². The second-order valence-electron chi connectivity index (χ2n) is 6.93. The normalized spacial score (nSPS) is 14.4. The van der Waals surface area contributed by atoms with Crippen LogP contribution in [0.4, 0.5) is 23.7 Å². The van der Waals surface area contributed by atoms with E-state index in [4.69, 9.17) is 21.0 Å². The SMILES string of the molecule is N=C(N)c1ccc2cc(NC(=O)NC3CCCCC3)ccc2c1.O=C(O)C(F)(F)F. The van der Waals surface area contributed by atoms with Gasteiger partial charge in [0.2, 0.25) is 0 Å². The highest BCUT2D eigenvalue weighted by Gasteiger charge is 2.38. The first-order chi connectivity index (χ1) is 14.1. The number of nitrogen functional groups attached to an aromatic ring is 1. The zero-order valence-corrected chi connectivity index (χ0v) is 16.1. The molecule has 2 aromatic rings. The number of urea groups is 1. The highest BCUT2D eigenvalue weighted by Crippen LogP contribution is 2.21. The molecule has 2 aromatic carbocycles. The molecule has 0 atom stereocenters. The molecule has 0 radical (unpaired) electrons. The molecule has 0 bridgehead atoms. The van der Waals surface area contributed by atoms with E-state index in [1.54, 1.807) is 0 Å². The Morgan fingerprint density at radius 3 is 2.17 bits per heavy atom. The van der Waals surface area contributed by atoms with Gasteiger partial charge in [0, 0.05) is 17.3 Å². The number of nitrogens with one attached hydrogen (secondary N) is 3. The van der Waals surface area contributed by atoms with Gasteiger partial charge in [-0.25, -0.2) is 9.59 Å². The van der Waals surface area contributed by atoms with E-state index in [9.17, 15) is 18.0 Å². The van der Waals surface area contributed by atoms with Gasteiger partial charge >= 0.3 is 18.2 Å². The van der Waals surface area contributed by atoms with E-state index in [2.05, 4.69) is 10.6 Å². The van der Waals surface area contributed by atoms with Crippen LogP contribution in [-0.2, 0) is 4.79 Å². The van der Waals surface area contributed by atoms with Gasteiger partial charge in [0.15, 0.2) is 0 Å². The Bertz CT molecular complexity index is 925. The Balaban J connectivity index is 0.000000396. The number of benzene rings is 2. The molecule has 0 unspecified atom stereocenters. The number of halogens is 3. The van der Waals surface area contributed by atoms with Gasteiger partial charge in [0.25, 0.3) is 0 Å². The standard InChI is InChI=1S/C18H22N4O.C2HF3O2/c19-17(20)14-7-6-13-11-16(9-8-12(13)10-14)22-18(23)21-15-4-2-1-3-5-15;3-2(4,5)1(6)7/h6-11,15H,1-5H2,(H3,19,20)(H2,21,22,23);(H,6,7). The van der Waals surface area contributed by atoms with Gasteiger partial charge in [0.05, 0.1) is 0 Å². The lowest BCUT2D eigenvalue weighted by molar-refractivity contribution is -0.192. The van der Waals surface area contributed by atoms with E-state index in [0.29, 0.717) is 11.6 Å². The molecule has 3 rings (SSSR count). The maximum absolute atomic E-state index is 12.1. The van der Waals surface area contributed by atoms with Crippen LogP contribution in [0.2, 0.25) is 0 Å². The van der Waals surface area contributed by atoms with Gasteiger partial charge in [-0.1, -0.05) is 37.5 Å². The number of hydrogen-bond acceptors (Lipinski definition) is 3. The zero-order valence-electron chi connectivity index (χ0n) is 16.1. The fourth-order valence-corrected chi connectivity index (χ4v) is 3.09. The number of fused-ring (bicyclic) bond motifs is 1. The number of hydrogen-bond donors (Lipinski definition) is 5. The van der Waals surface area contributed by atoms with Crippen LogP contribution in [0.3, 0.4) is 0 Å². The summed E-state index contributed by atoms with van der Waals surface area (Å²) in [5.74, 6) is -2.70. The molecule has 1 aliphatic rings. The molecule has 6 N–H and O–H groups in total. The number of aliphatic carboxylic acids is 1. The van der Waals surface area contributed by atoms with Crippen molar-refractivity contribution < 1.29 is 27.9 Å². The summed E-state index contributed by atoms with van der Waals surface area (Å²) >= 11 is 0. The number of carbonyl (C=O) groups excluding carboxylic acids is 1. The third-order valence-electron chi connectivity index (χ3n) is 4.59. The Kier molecular flexibility index (Phi) is 7.62. The Hall–Kier alpha value is -3.30. The molecule has 1 saturated carbocycles. The van der Waals surface area contributed by atoms with Crippen molar-refractivity contribution >= 4 is 34.3 Å². The summed E-state index contributed by atoms with van der Waals surface area (Å²) in [5.41, 5.74) is 6.97. The van der Waals surface area contributed by atoms with Crippen molar-refractivity contribution in [1.82, 2.24) is 5.32 Å². The molecular weight excluding hydrogens is 401 g/mol. The number of nitrogens with two attached hydrogens (primary N) is 1. The smallest absolute Gasteiger partial charge is 0.475 e. The molecule has 1 aliphatic carbocycles. The molecule has 0 aromatic heterocycles. The first-order valence-corrected chi connectivity index (χ1v) is 9.32. The third kappa shape index (κ3) is 6.94. The Morgan fingerprint density at radius 1 is 1.03 bits per heavy atom. The van der Waals surface area contributed by atoms with Crippen molar-refractivity contribution in [3.63, 3.8) is 0 Å². The van der Waals surface area contributed by atoms with Crippen LogP contribution in [0.25, 0.3) is 10.8 Å².